The topological polar surface area (TPSA) is 41.1 Å². The van der Waals surface area contributed by atoms with E-state index in [1.807, 2.05) is 19.9 Å². The average Bonchev–Trinajstić information content (AvgIpc) is 2.78. The molecule has 0 aromatic carbocycles. The van der Waals surface area contributed by atoms with E-state index in [0.29, 0.717) is 6.04 Å². The highest BCUT2D eigenvalue weighted by Gasteiger charge is 2.18. The fraction of sp³-hybridized carbons (Fsp3) is 0.545. The molecule has 90 valence electrons. The molecule has 0 spiro atoms. The molecule has 1 amide bonds. The van der Waals surface area contributed by atoms with Crippen molar-refractivity contribution in [3.05, 3.63) is 21.4 Å². The Hall–Kier alpha value is -0.580. The van der Waals surface area contributed by atoms with E-state index in [0.717, 1.165) is 24.4 Å². The number of rotatable bonds is 2. The lowest BCUT2D eigenvalue weighted by atomic mass is 10.2. The van der Waals surface area contributed by atoms with Gasteiger partial charge in [-0.15, -0.1) is 23.7 Å². The van der Waals surface area contributed by atoms with Crippen LogP contribution in [0.1, 0.15) is 26.5 Å². The SMILES string of the molecule is Cc1cc(C(=O)NC2CCNC2)sc1C.Cl. The minimum atomic E-state index is 0. The summed E-state index contributed by atoms with van der Waals surface area (Å²) in [6, 6.07) is 2.28. The third kappa shape index (κ3) is 2.97. The van der Waals surface area contributed by atoms with Gasteiger partial charge in [0.25, 0.3) is 5.91 Å². The summed E-state index contributed by atoms with van der Waals surface area (Å²) in [5.74, 6) is 0.0740. The van der Waals surface area contributed by atoms with E-state index < -0.39 is 0 Å². The van der Waals surface area contributed by atoms with Crippen LogP contribution < -0.4 is 10.6 Å². The van der Waals surface area contributed by atoms with E-state index in [-0.39, 0.29) is 18.3 Å². The van der Waals surface area contributed by atoms with E-state index in [4.69, 9.17) is 0 Å². The van der Waals surface area contributed by atoms with Crippen molar-refractivity contribution in [1.29, 1.82) is 0 Å². The molecule has 0 bridgehead atoms. The minimum absolute atomic E-state index is 0. The number of thiophene rings is 1. The number of hydrogen-bond donors (Lipinski definition) is 2. The Morgan fingerprint density at radius 1 is 1.56 bits per heavy atom. The lowest BCUT2D eigenvalue weighted by Crippen LogP contribution is -2.35. The molecule has 3 nitrogen and oxygen atoms in total. The standard InChI is InChI=1S/C11H16N2OS.ClH/c1-7-5-10(15-8(7)2)11(14)13-9-3-4-12-6-9;/h5,9,12H,3-4,6H2,1-2H3,(H,13,14);1H. The zero-order chi connectivity index (χ0) is 10.8. The van der Waals surface area contributed by atoms with Crippen LogP contribution in [-0.2, 0) is 0 Å². The first-order chi connectivity index (χ1) is 7.16. The number of amides is 1. The van der Waals surface area contributed by atoms with Crippen molar-refractivity contribution in [2.24, 2.45) is 0 Å². The summed E-state index contributed by atoms with van der Waals surface area (Å²) in [5, 5.41) is 6.28. The van der Waals surface area contributed by atoms with Gasteiger partial charge in [0.05, 0.1) is 4.88 Å². The zero-order valence-electron chi connectivity index (χ0n) is 9.50. The average molecular weight is 261 g/mol. The lowest BCUT2D eigenvalue weighted by molar-refractivity contribution is 0.0944. The molecule has 2 rings (SSSR count). The summed E-state index contributed by atoms with van der Waals surface area (Å²) in [7, 11) is 0. The molecule has 16 heavy (non-hydrogen) atoms. The van der Waals surface area contributed by atoms with Crippen molar-refractivity contribution in [3.8, 4) is 0 Å². The van der Waals surface area contributed by atoms with E-state index in [1.54, 1.807) is 11.3 Å². The first kappa shape index (κ1) is 13.5. The second-order valence-corrected chi connectivity index (χ2v) is 5.27. The van der Waals surface area contributed by atoms with E-state index >= 15 is 0 Å². The summed E-state index contributed by atoms with van der Waals surface area (Å²) in [6.07, 6.45) is 1.04. The highest BCUT2D eigenvalue weighted by Crippen LogP contribution is 2.20. The van der Waals surface area contributed by atoms with Gasteiger partial charge in [-0.3, -0.25) is 4.79 Å². The maximum atomic E-state index is 11.8. The Balaban J connectivity index is 0.00000128. The largest absolute Gasteiger partial charge is 0.347 e. The Morgan fingerprint density at radius 3 is 2.81 bits per heavy atom. The van der Waals surface area contributed by atoms with Crippen molar-refractivity contribution in [2.75, 3.05) is 13.1 Å². The predicted molar refractivity (Wildman–Crippen MR) is 69.8 cm³/mol. The summed E-state index contributed by atoms with van der Waals surface area (Å²) >= 11 is 1.57. The van der Waals surface area contributed by atoms with Crippen LogP contribution in [0.5, 0.6) is 0 Å². The van der Waals surface area contributed by atoms with Gasteiger partial charge in [0, 0.05) is 17.5 Å². The Bertz CT molecular complexity index is 353. The first-order valence-electron chi connectivity index (χ1n) is 5.25. The molecule has 1 fully saturated rings. The molecule has 2 N–H and O–H groups in total. The van der Waals surface area contributed by atoms with E-state index in [2.05, 4.69) is 10.6 Å². The molecule has 5 heteroatoms. The van der Waals surface area contributed by atoms with Gasteiger partial charge in [0.15, 0.2) is 0 Å². The zero-order valence-corrected chi connectivity index (χ0v) is 11.1. The third-order valence-corrected chi connectivity index (χ3v) is 3.94. The smallest absolute Gasteiger partial charge is 0.261 e. The fourth-order valence-corrected chi connectivity index (χ4v) is 2.66. The van der Waals surface area contributed by atoms with Crippen molar-refractivity contribution in [3.63, 3.8) is 0 Å². The van der Waals surface area contributed by atoms with Crippen LogP contribution in [0.4, 0.5) is 0 Å². The molecule has 1 unspecified atom stereocenters. The number of halogens is 1. The fourth-order valence-electron chi connectivity index (χ4n) is 1.72. The van der Waals surface area contributed by atoms with Crippen LogP contribution >= 0.6 is 23.7 Å². The monoisotopic (exact) mass is 260 g/mol. The number of carbonyl (C=O) groups is 1. The van der Waals surface area contributed by atoms with Gasteiger partial charge in [-0.1, -0.05) is 0 Å². The maximum absolute atomic E-state index is 11.8. The number of hydrogen-bond acceptors (Lipinski definition) is 3. The van der Waals surface area contributed by atoms with Crippen LogP contribution in [0.2, 0.25) is 0 Å². The maximum Gasteiger partial charge on any atom is 0.261 e. The third-order valence-electron chi connectivity index (χ3n) is 2.79. The van der Waals surface area contributed by atoms with Crippen molar-refractivity contribution < 1.29 is 4.79 Å². The lowest BCUT2D eigenvalue weighted by Gasteiger charge is -2.09. The Morgan fingerprint density at radius 2 is 2.31 bits per heavy atom. The van der Waals surface area contributed by atoms with Crippen LogP contribution in [0.3, 0.4) is 0 Å². The van der Waals surface area contributed by atoms with Crippen molar-refractivity contribution in [1.82, 2.24) is 10.6 Å². The molecule has 0 radical (unpaired) electrons. The molecule has 1 aliphatic heterocycles. The van der Waals surface area contributed by atoms with Gasteiger partial charge < -0.3 is 10.6 Å². The molecular formula is C11H17ClN2OS. The summed E-state index contributed by atoms with van der Waals surface area (Å²) in [4.78, 5) is 13.9. The molecule has 1 saturated heterocycles. The number of nitrogens with one attached hydrogen (secondary N) is 2. The number of carbonyl (C=O) groups excluding carboxylic acids is 1. The Labute approximate surface area is 106 Å². The van der Waals surface area contributed by atoms with Gasteiger partial charge in [0.1, 0.15) is 0 Å². The molecule has 2 heterocycles. The van der Waals surface area contributed by atoms with Crippen molar-refractivity contribution in [2.45, 2.75) is 26.3 Å². The van der Waals surface area contributed by atoms with Crippen LogP contribution in [0.25, 0.3) is 0 Å². The van der Waals surface area contributed by atoms with Gasteiger partial charge in [0.2, 0.25) is 0 Å². The van der Waals surface area contributed by atoms with Crippen LogP contribution in [0, 0.1) is 13.8 Å². The molecule has 1 aliphatic rings. The highest BCUT2D eigenvalue weighted by atomic mass is 35.5. The quantitative estimate of drug-likeness (QED) is 0.853. The second kappa shape index (κ2) is 5.66. The van der Waals surface area contributed by atoms with Gasteiger partial charge in [-0.05, 0) is 38.4 Å². The van der Waals surface area contributed by atoms with Gasteiger partial charge >= 0.3 is 0 Å². The summed E-state index contributed by atoms with van der Waals surface area (Å²) in [5.41, 5.74) is 1.20. The van der Waals surface area contributed by atoms with Crippen LogP contribution in [0.15, 0.2) is 6.07 Å². The normalized spacial score (nSPS) is 19.2. The summed E-state index contributed by atoms with van der Waals surface area (Å²) in [6.45, 7) is 6.00. The van der Waals surface area contributed by atoms with Gasteiger partial charge in [-0.2, -0.15) is 0 Å². The molecule has 0 saturated carbocycles. The minimum Gasteiger partial charge on any atom is -0.347 e. The summed E-state index contributed by atoms with van der Waals surface area (Å²) < 4.78 is 0. The molecular weight excluding hydrogens is 244 g/mol. The van der Waals surface area contributed by atoms with Crippen molar-refractivity contribution >= 4 is 29.7 Å². The molecule has 1 atom stereocenters. The van der Waals surface area contributed by atoms with E-state index in [9.17, 15) is 4.79 Å². The van der Waals surface area contributed by atoms with E-state index in [1.165, 1.54) is 10.4 Å². The predicted octanol–water partition coefficient (Wildman–Crippen LogP) is 1.88. The highest BCUT2D eigenvalue weighted by molar-refractivity contribution is 7.14. The Kier molecular flexibility index (Phi) is 4.77. The number of aryl methyl sites for hydroxylation is 2. The first-order valence-corrected chi connectivity index (χ1v) is 6.07. The molecule has 1 aromatic rings. The van der Waals surface area contributed by atoms with Gasteiger partial charge in [-0.25, -0.2) is 0 Å². The van der Waals surface area contributed by atoms with Crippen LogP contribution in [-0.4, -0.2) is 25.0 Å². The molecule has 1 aromatic heterocycles. The molecule has 0 aliphatic carbocycles. The second-order valence-electron chi connectivity index (χ2n) is 4.01.